The summed E-state index contributed by atoms with van der Waals surface area (Å²) in [6.07, 6.45) is -0.869. The lowest BCUT2D eigenvalue weighted by Crippen LogP contribution is -2.57. The van der Waals surface area contributed by atoms with Crippen LogP contribution >= 0.6 is 11.6 Å². The maximum atomic E-state index is 14.5. The molecule has 4 heterocycles. The summed E-state index contributed by atoms with van der Waals surface area (Å²) >= 11 is 5.90. The Labute approximate surface area is 207 Å². The fraction of sp³-hybridized carbons (Fsp3) is 0.409. The van der Waals surface area contributed by atoms with Crippen LogP contribution in [0.5, 0.6) is 0 Å². The molecule has 0 aliphatic carbocycles. The molecule has 0 spiro atoms. The second kappa shape index (κ2) is 9.60. The number of amides is 1. The van der Waals surface area contributed by atoms with Crippen molar-refractivity contribution in [2.75, 3.05) is 18.4 Å². The average Bonchev–Trinajstić information content (AvgIpc) is 3.19. The van der Waals surface area contributed by atoms with Crippen LogP contribution < -0.4 is 5.32 Å². The van der Waals surface area contributed by atoms with Gasteiger partial charge in [-0.25, -0.2) is 18.7 Å². The third-order valence-electron chi connectivity index (χ3n) is 5.82. The molecular formula is C22H21ClF5N7O. The van der Waals surface area contributed by atoms with E-state index < -0.39 is 48.5 Å². The number of hydrogen-bond acceptors (Lipinski definition) is 6. The van der Waals surface area contributed by atoms with Crippen molar-refractivity contribution < 1.29 is 26.7 Å². The summed E-state index contributed by atoms with van der Waals surface area (Å²) in [6.45, 7) is 0.670. The largest absolute Gasteiger partial charge is 0.419 e. The van der Waals surface area contributed by atoms with E-state index in [9.17, 15) is 26.7 Å². The maximum absolute atomic E-state index is 14.5. The number of anilines is 1. The Morgan fingerprint density at radius 3 is 2.50 bits per heavy atom. The van der Waals surface area contributed by atoms with Crippen LogP contribution in [0.1, 0.15) is 29.4 Å². The van der Waals surface area contributed by atoms with E-state index in [4.69, 9.17) is 11.6 Å². The Morgan fingerprint density at radius 1 is 1.19 bits per heavy atom. The minimum Gasteiger partial charge on any atom is -0.352 e. The van der Waals surface area contributed by atoms with E-state index in [0.717, 1.165) is 4.90 Å². The van der Waals surface area contributed by atoms with Crippen LogP contribution in [-0.2, 0) is 13.2 Å². The molecule has 4 rings (SSSR count). The van der Waals surface area contributed by atoms with Crippen LogP contribution in [0, 0.1) is 5.92 Å². The lowest BCUT2D eigenvalue weighted by molar-refractivity contribution is -0.138. The van der Waals surface area contributed by atoms with Crippen LogP contribution in [0.2, 0.25) is 5.02 Å². The number of carbonyl (C=O) groups is 1. The van der Waals surface area contributed by atoms with E-state index in [1.165, 1.54) is 10.9 Å². The SMILES string of the molecule is C[C@@H]1CC(F)(F)CN(C(=O)c2nn(C)cc2-c2ccc(Cl)cn2)C1CNc1ncc(C(F)(F)F)cn1. The highest BCUT2D eigenvalue weighted by Gasteiger charge is 2.47. The number of aryl methyl sites for hydroxylation is 1. The third kappa shape index (κ3) is 5.55. The normalized spacial score (nSPS) is 19.8. The van der Waals surface area contributed by atoms with Crippen molar-refractivity contribution in [1.29, 1.82) is 0 Å². The maximum Gasteiger partial charge on any atom is 0.419 e. The zero-order chi connectivity index (χ0) is 26.3. The molecular weight excluding hydrogens is 509 g/mol. The molecule has 1 saturated heterocycles. The summed E-state index contributed by atoms with van der Waals surface area (Å²) in [5.41, 5.74) is -0.346. The number of hydrogen-bond donors (Lipinski definition) is 1. The van der Waals surface area contributed by atoms with Gasteiger partial charge in [0.05, 0.1) is 34.4 Å². The first-order valence-corrected chi connectivity index (χ1v) is 11.2. The van der Waals surface area contributed by atoms with E-state index in [0.29, 0.717) is 28.7 Å². The molecule has 1 N–H and O–H groups in total. The second-order valence-electron chi connectivity index (χ2n) is 8.64. The fourth-order valence-corrected chi connectivity index (χ4v) is 4.26. The van der Waals surface area contributed by atoms with Gasteiger partial charge in [0.1, 0.15) is 0 Å². The van der Waals surface area contributed by atoms with Crippen LogP contribution in [0.3, 0.4) is 0 Å². The zero-order valence-electron chi connectivity index (χ0n) is 19.1. The van der Waals surface area contributed by atoms with Crippen molar-refractivity contribution >= 4 is 23.5 Å². The van der Waals surface area contributed by atoms with E-state index in [-0.39, 0.29) is 18.2 Å². The van der Waals surface area contributed by atoms with Gasteiger partial charge in [-0.2, -0.15) is 18.3 Å². The number of nitrogens with one attached hydrogen (secondary N) is 1. The van der Waals surface area contributed by atoms with Crippen molar-refractivity contribution in [3.63, 3.8) is 0 Å². The molecule has 1 fully saturated rings. The Balaban J connectivity index is 1.60. The third-order valence-corrected chi connectivity index (χ3v) is 6.05. The van der Waals surface area contributed by atoms with Gasteiger partial charge in [-0.05, 0) is 18.1 Å². The lowest BCUT2D eigenvalue weighted by Gasteiger charge is -2.43. The first-order valence-electron chi connectivity index (χ1n) is 10.8. The summed E-state index contributed by atoms with van der Waals surface area (Å²) in [5.74, 6) is -4.64. The van der Waals surface area contributed by atoms with E-state index in [1.54, 1.807) is 32.3 Å². The Morgan fingerprint density at radius 2 is 1.89 bits per heavy atom. The smallest absolute Gasteiger partial charge is 0.352 e. The summed E-state index contributed by atoms with van der Waals surface area (Å²) in [4.78, 5) is 26.1. The topological polar surface area (TPSA) is 88.8 Å². The summed E-state index contributed by atoms with van der Waals surface area (Å²) in [5, 5.41) is 7.35. The number of nitrogens with zero attached hydrogens (tertiary/aromatic N) is 6. The van der Waals surface area contributed by atoms with Crippen LogP contribution in [-0.4, -0.2) is 60.6 Å². The predicted octanol–water partition coefficient (Wildman–Crippen LogP) is 4.54. The highest BCUT2D eigenvalue weighted by molar-refractivity contribution is 6.30. The van der Waals surface area contributed by atoms with Gasteiger partial charge in [0.2, 0.25) is 5.95 Å². The highest BCUT2D eigenvalue weighted by Crippen LogP contribution is 2.36. The quantitative estimate of drug-likeness (QED) is 0.488. The number of aromatic nitrogens is 5. The molecule has 0 radical (unpaired) electrons. The van der Waals surface area contributed by atoms with Crippen molar-refractivity contribution in [1.82, 2.24) is 29.6 Å². The monoisotopic (exact) mass is 529 g/mol. The second-order valence-corrected chi connectivity index (χ2v) is 9.07. The highest BCUT2D eigenvalue weighted by atomic mass is 35.5. The van der Waals surface area contributed by atoms with Gasteiger partial charge in [0.25, 0.3) is 11.8 Å². The molecule has 3 aromatic rings. The minimum atomic E-state index is -4.59. The van der Waals surface area contributed by atoms with E-state index in [2.05, 4.69) is 25.4 Å². The van der Waals surface area contributed by atoms with Gasteiger partial charge in [-0.15, -0.1) is 0 Å². The van der Waals surface area contributed by atoms with Crippen molar-refractivity contribution in [2.24, 2.45) is 13.0 Å². The molecule has 1 aliphatic heterocycles. The Bertz CT molecular complexity index is 1230. The van der Waals surface area contributed by atoms with Crippen molar-refractivity contribution in [3.05, 3.63) is 53.2 Å². The van der Waals surface area contributed by atoms with Gasteiger partial charge in [-0.3, -0.25) is 14.5 Å². The molecule has 8 nitrogen and oxygen atoms in total. The molecule has 3 aromatic heterocycles. The number of halogens is 6. The van der Waals surface area contributed by atoms with Gasteiger partial charge in [0, 0.05) is 44.8 Å². The first-order chi connectivity index (χ1) is 16.8. The lowest BCUT2D eigenvalue weighted by atomic mass is 9.88. The van der Waals surface area contributed by atoms with Gasteiger partial charge in [0.15, 0.2) is 5.69 Å². The number of carbonyl (C=O) groups excluding carboxylic acids is 1. The minimum absolute atomic E-state index is 0.0598. The zero-order valence-corrected chi connectivity index (χ0v) is 19.9. The average molecular weight is 530 g/mol. The number of alkyl halides is 5. The summed E-state index contributed by atoms with van der Waals surface area (Å²) < 4.78 is 68.8. The van der Waals surface area contributed by atoms with Gasteiger partial charge >= 0.3 is 6.18 Å². The van der Waals surface area contributed by atoms with Crippen LogP contribution in [0.25, 0.3) is 11.3 Å². The van der Waals surface area contributed by atoms with Gasteiger partial charge < -0.3 is 10.2 Å². The standard InChI is InChI=1S/C22H21ClF5N7O/c1-12-5-21(24,25)11-35(17(12)9-32-20-30-6-13(7-31-20)22(26,27)28)19(36)18-15(10-34(2)33-18)16-4-3-14(23)8-29-16/h3-4,6-8,10,12,17H,5,9,11H2,1-2H3,(H,30,31,32)/t12-,17?/m1/s1. The number of pyridine rings is 1. The first kappa shape index (κ1) is 25.7. The van der Waals surface area contributed by atoms with Crippen molar-refractivity contribution in [3.8, 4) is 11.3 Å². The molecule has 36 heavy (non-hydrogen) atoms. The molecule has 1 aliphatic rings. The number of likely N-dealkylation sites (tertiary alicyclic amines) is 1. The summed E-state index contributed by atoms with van der Waals surface area (Å²) in [7, 11) is 1.59. The number of piperidine rings is 1. The molecule has 0 aromatic carbocycles. The van der Waals surface area contributed by atoms with Crippen molar-refractivity contribution in [2.45, 2.75) is 31.5 Å². The predicted molar refractivity (Wildman–Crippen MR) is 121 cm³/mol. The number of rotatable bonds is 5. The van der Waals surface area contributed by atoms with Gasteiger partial charge in [-0.1, -0.05) is 18.5 Å². The fourth-order valence-electron chi connectivity index (χ4n) is 4.15. The van der Waals surface area contributed by atoms with Crippen LogP contribution in [0.15, 0.2) is 36.9 Å². The molecule has 1 amide bonds. The van der Waals surface area contributed by atoms with Crippen LogP contribution in [0.4, 0.5) is 27.9 Å². The molecule has 14 heteroatoms. The molecule has 192 valence electrons. The molecule has 2 atom stereocenters. The molecule has 1 unspecified atom stereocenters. The van der Waals surface area contributed by atoms with E-state index >= 15 is 0 Å². The van der Waals surface area contributed by atoms with E-state index in [1.807, 2.05) is 0 Å². The Kier molecular flexibility index (Phi) is 6.86. The summed E-state index contributed by atoms with van der Waals surface area (Å²) in [6, 6.07) is 2.43. The molecule has 0 bridgehead atoms. The Hall–Kier alpha value is -3.35. The molecule has 0 saturated carbocycles.